The van der Waals surface area contributed by atoms with E-state index in [0.717, 1.165) is 18.2 Å². The van der Waals surface area contributed by atoms with Gasteiger partial charge in [-0.05, 0) is 29.5 Å². The summed E-state index contributed by atoms with van der Waals surface area (Å²) in [6.07, 6.45) is 5.74. The van der Waals surface area contributed by atoms with Gasteiger partial charge in [-0.2, -0.15) is 0 Å². The highest BCUT2D eigenvalue weighted by Crippen LogP contribution is 2.14. The van der Waals surface area contributed by atoms with Crippen molar-refractivity contribution < 1.29 is 0 Å². The number of rotatable bonds is 5. The average molecular weight is 251 g/mol. The second-order valence-electron chi connectivity index (χ2n) is 3.28. The van der Waals surface area contributed by atoms with E-state index in [9.17, 15) is 0 Å². The molecular weight excluding hydrogens is 236 g/mol. The summed E-state index contributed by atoms with van der Waals surface area (Å²) in [6.45, 7) is 7.51. The van der Waals surface area contributed by atoms with E-state index in [4.69, 9.17) is 0 Å². The SMILES string of the molecule is C=CCc1cc(CBr)cc(CC=C)c1. The summed E-state index contributed by atoms with van der Waals surface area (Å²) < 4.78 is 0. The van der Waals surface area contributed by atoms with Gasteiger partial charge in [-0.15, -0.1) is 13.2 Å². The van der Waals surface area contributed by atoms with Crippen molar-refractivity contribution in [1.29, 1.82) is 0 Å². The monoisotopic (exact) mass is 250 g/mol. The van der Waals surface area contributed by atoms with Crippen molar-refractivity contribution in [2.75, 3.05) is 0 Å². The molecule has 1 aromatic carbocycles. The van der Waals surface area contributed by atoms with E-state index in [1.54, 1.807) is 0 Å². The molecule has 0 unspecified atom stereocenters. The third kappa shape index (κ3) is 3.15. The molecule has 0 bridgehead atoms. The van der Waals surface area contributed by atoms with E-state index in [1.807, 2.05) is 12.2 Å². The Kier molecular flexibility index (Phi) is 4.68. The highest BCUT2D eigenvalue weighted by atomic mass is 79.9. The van der Waals surface area contributed by atoms with Crippen LogP contribution in [-0.4, -0.2) is 0 Å². The van der Waals surface area contributed by atoms with Crippen molar-refractivity contribution in [1.82, 2.24) is 0 Å². The molecule has 0 aliphatic heterocycles. The van der Waals surface area contributed by atoms with Crippen molar-refractivity contribution in [2.45, 2.75) is 18.2 Å². The molecule has 0 fully saturated rings. The molecule has 1 aromatic rings. The minimum atomic E-state index is 0.905. The van der Waals surface area contributed by atoms with Crippen molar-refractivity contribution in [3.63, 3.8) is 0 Å². The molecule has 0 radical (unpaired) electrons. The van der Waals surface area contributed by atoms with Gasteiger partial charge in [-0.25, -0.2) is 0 Å². The molecule has 0 N–H and O–H groups in total. The summed E-state index contributed by atoms with van der Waals surface area (Å²) in [4.78, 5) is 0. The standard InChI is InChI=1S/C13H15Br/c1-3-5-11-7-12(6-4-2)9-13(8-11)10-14/h3-4,7-9H,1-2,5-6,10H2. The van der Waals surface area contributed by atoms with E-state index < -0.39 is 0 Å². The normalized spacial score (nSPS) is 9.79. The van der Waals surface area contributed by atoms with Gasteiger partial charge in [-0.1, -0.05) is 46.3 Å². The molecular formula is C13H15Br. The lowest BCUT2D eigenvalue weighted by molar-refractivity contribution is 1.18. The van der Waals surface area contributed by atoms with Gasteiger partial charge in [0.2, 0.25) is 0 Å². The van der Waals surface area contributed by atoms with Gasteiger partial charge in [0.25, 0.3) is 0 Å². The Morgan fingerprint density at radius 3 is 1.71 bits per heavy atom. The Morgan fingerprint density at radius 1 is 0.929 bits per heavy atom. The molecule has 0 aliphatic carbocycles. The lowest BCUT2D eigenvalue weighted by atomic mass is 10.0. The smallest absolute Gasteiger partial charge is 0.0283 e. The lowest BCUT2D eigenvalue weighted by Crippen LogP contribution is -1.90. The zero-order chi connectivity index (χ0) is 10.4. The maximum atomic E-state index is 3.76. The maximum Gasteiger partial charge on any atom is 0.0283 e. The Hall–Kier alpha value is -0.820. The summed E-state index contributed by atoms with van der Waals surface area (Å²) in [5, 5.41) is 0.905. The highest BCUT2D eigenvalue weighted by molar-refractivity contribution is 9.08. The van der Waals surface area contributed by atoms with Crippen LogP contribution >= 0.6 is 15.9 Å². The van der Waals surface area contributed by atoms with Crippen molar-refractivity contribution >= 4 is 15.9 Å². The fourth-order valence-electron chi connectivity index (χ4n) is 1.49. The summed E-state index contributed by atoms with van der Waals surface area (Å²) in [6, 6.07) is 6.64. The molecule has 0 atom stereocenters. The van der Waals surface area contributed by atoms with E-state index in [2.05, 4.69) is 47.3 Å². The molecule has 0 aliphatic rings. The topological polar surface area (TPSA) is 0 Å². The lowest BCUT2D eigenvalue weighted by Gasteiger charge is -2.05. The summed E-state index contributed by atoms with van der Waals surface area (Å²) in [5.74, 6) is 0. The molecule has 1 rings (SSSR count). The van der Waals surface area contributed by atoms with Gasteiger partial charge >= 0.3 is 0 Å². The third-order valence-electron chi connectivity index (χ3n) is 2.03. The van der Waals surface area contributed by atoms with E-state index >= 15 is 0 Å². The molecule has 0 heterocycles. The second kappa shape index (κ2) is 5.82. The van der Waals surface area contributed by atoms with Crippen LogP contribution in [0.4, 0.5) is 0 Å². The van der Waals surface area contributed by atoms with Crippen LogP contribution in [0.5, 0.6) is 0 Å². The fourth-order valence-corrected chi connectivity index (χ4v) is 1.81. The Bertz CT molecular complexity index is 298. The number of alkyl halides is 1. The van der Waals surface area contributed by atoms with Gasteiger partial charge in [0.05, 0.1) is 0 Å². The van der Waals surface area contributed by atoms with Gasteiger partial charge < -0.3 is 0 Å². The average Bonchev–Trinajstić information content (AvgIpc) is 2.18. The van der Waals surface area contributed by atoms with Crippen LogP contribution in [0.3, 0.4) is 0 Å². The van der Waals surface area contributed by atoms with Gasteiger partial charge in [0, 0.05) is 5.33 Å². The van der Waals surface area contributed by atoms with Gasteiger partial charge in [0.15, 0.2) is 0 Å². The molecule has 0 saturated heterocycles. The second-order valence-corrected chi connectivity index (χ2v) is 3.84. The first kappa shape index (κ1) is 11.3. The molecule has 74 valence electrons. The molecule has 0 saturated carbocycles. The summed E-state index contributed by atoms with van der Waals surface area (Å²) in [7, 11) is 0. The van der Waals surface area contributed by atoms with Crippen LogP contribution in [0.25, 0.3) is 0 Å². The van der Waals surface area contributed by atoms with Crippen molar-refractivity contribution in [3.8, 4) is 0 Å². The van der Waals surface area contributed by atoms with E-state index in [0.29, 0.717) is 0 Å². The predicted octanol–water partition coefficient (Wildman–Crippen LogP) is 4.04. The largest absolute Gasteiger partial charge is 0.103 e. The van der Waals surface area contributed by atoms with Crippen LogP contribution in [0.2, 0.25) is 0 Å². The minimum Gasteiger partial charge on any atom is -0.103 e. The van der Waals surface area contributed by atoms with Crippen molar-refractivity contribution in [2.24, 2.45) is 0 Å². The van der Waals surface area contributed by atoms with Crippen LogP contribution in [-0.2, 0) is 18.2 Å². The minimum absolute atomic E-state index is 0.905. The van der Waals surface area contributed by atoms with Crippen LogP contribution in [0.1, 0.15) is 16.7 Å². The third-order valence-corrected chi connectivity index (χ3v) is 2.67. The first-order valence-electron chi connectivity index (χ1n) is 4.69. The van der Waals surface area contributed by atoms with Gasteiger partial charge in [0.1, 0.15) is 0 Å². The molecule has 1 heteroatoms. The Morgan fingerprint density at radius 2 is 1.36 bits per heavy atom. The number of benzene rings is 1. The number of halogens is 1. The van der Waals surface area contributed by atoms with E-state index in [-0.39, 0.29) is 0 Å². The first-order chi connectivity index (χ1) is 6.80. The molecule has 0 nitrogen and oxygen atoms in total. The Labute approximate surface area is 94.5 Å². The molecule has 0 spiro atoms. The molecule has 0 aromatic heterocycles. The number of hydrogen-bond donors (Lipinski definition) is 0. The fraction of sp³-hybridized carbons (Fsp3) is 0.231. The van der Waals surface area contributed by atoms with Crippen molar-refractivity contribution in [3.05, 3.63) is 60.2 Å². The number of allylic oxidation sites excluding steroid dienone is 2. The summed E-state index contributed by atoms with van der Waals surface area (Å²) in [5.41, 5.74) is 3.98. The van der Waals surface area contributed by atoms with Crippen LogP contribution in [0.15, 0.2) is 43.5 Å². The summed E-state index contributed by atoms with van der Waals surface area (Å²) >= 11 is 3.48. The van der Waals surface area contributed by atoms with E-state index in [1.165, 1.54) is 16.7 Å². The number of hydrogen-bond acceptors (Lipinski definition) is 0. The zero-order valence-electron chi connectivity index (χ0n) is 8.30. The van der Waals surface area contributed by atoms with Gasteiger partial charge in [-0.3, -0.25) is 0 Å². The van der Waals surface area contributed by atoms with Crippen LogP contribution in [0, 0.1) is 0 Å². The quantitative estimate of drug-likeness (QED) is 0.547. The van der Waals surface area contributed by atoms with Crippen LogP contribution < -0.4 is 0 Å². The predicted molar refractivity (Wildman–Crippen MR) is 66.9 cm³/mol. The zero-order valence-corrected chi connectivity index (χ0v) is 9.89. The molecule has 0 amide bonds. The first-order valence-corrected chi connectivity index (χ1v) is 5.81. The highest BCUT2D eigenvalue weighted by Gasteiger charge is 1.98. The maximum absolute atomic E-state index is 3.76. The molecule has 14 heavy (non-hydrogen) atoms. The Balaban J connectivity index is 2.99.